The topological polar surface area (TPSA) is 67.2 Å². The summed E-state index contributed by atoms with van der Waals surface area (Å²) in [5.41, 5.74) is 0.0507. The summed E-state index contributed by atoms with van der Waals surface area (Å²) in [6.45, 7) is 6.26. The molecule has 0 spiro atoms. The first-order valence-corrected chi connectivity index (χ1v) is 7.81. The van der Waals surface area contributed by atoms with E-state index in [1.165, 1.54) is 4.68 Å². The Morgan fingerprint density at radius 1 is 1.48 bits per heavy atom. The quantitative estimate of drug-likeness (QED) is 0.896. The van der Waals surface area contributed by atoms with Crippen molar-refractivity contribution in [2.75, 3.05) is 6.54 Å². The van der Waals surface area contributed by atoms with Gasteiger partial charge in [-0.3, -0.25) is 9.48 Å². The second-order valence-electron chi connectivity index (χ2n) is 6.54. The molecule has 1 unspecified atom stereocenters. The van der Waals surface area contributed by atoms with Crippen LogP contribution >= 0.6 is 11.6 Å². The van der Waals surface area contributed by atoms with Crippen molar-refractivity contribution in [3.05, 3.63) is 16.4 Å². The number of halogens is 1. The highest BCUT2D eigenvalue weighted by Crippen LogP contribution is 2.45. The Hall–Kier alpha value is -1.07. The van der Waals surface area contributed by atoms with Crippen LogP contribution in [-0.4, -0.2) is 32.9 Å². The van der Waals surface area contributed by atoms with E-state index < -0.39 is 5.60 Å². The Bertz CT molecular complexity index is 553. The van der Waals surface area contributed by atoms with E-state index in [1.807, 2.05) is 20.8 Å². The van der Waals surface area contributed by atoms with Crippen molar-refractivity contribution in [1.29, 1.82) is 0 Å². The van der Waals surface area contributed by atoms with Gasteiger partial charge in [0.25, 0.3) is 5.91 Å². The van der Waals surface area contributed by atoms with Crippen molar-refractivity contribution in [1.82, 2.24) is 15.1 Å². The molecule has 21 heavy (non-hydrogen) atoms. The van der Waals surface area contributed by atoms with Crippen LogP contribution in [0.25, 0.3) is 0 Å². The highest BCUT2D eigenvalue weighted by atomic mass is 35.5. The van der Waals surface area contributed by atoms with Crippen molar-refractivity contribution in [3.63, 3.8) is 0 Å². The molecule has 0 radical (unpaired) electrons. The molecule has 1 aromatic heterocycles. The SMILES string of the molecule is CCc1nn(C)c(Cl)c1C(=O)NCC1(O)CCCC1(C)C. The van der Waals surface area contributed by atoms with Crippen LogP contribution in [0.2, 0.25) is 5.15 Å². The predicted molar refractivity (Wildman–Crippen MR) is 82.5 cm³/mol. The molecule has 1 saturated carbocycles. The maximum Gasteiger partial charge on any atom is 0.256 e. The molecule has 1 aromatic rings. The molecular weight excluding hydrogens is 290 g/mol. The molecule has 1 atom stereocenters. The molecule has 0 aliphatic heterocycles. The summed E-state index contributed by atoms with van der Waals surface area (Å²) in [5.74, 6) is -0.263. The largest absolute Gasteiger partial charge is 0.387 e. The molecule has 1 aliphatic rings. The fourth-order valence-electron chi connectivity index (χ4n) is 3.06. The second kappa shape index (κ2) is 5.61. The van der Waals surface area contributed by atoms with Crippen LogP contribution in [0.15, 0.2) is 0 Å². The third-order valence-electron chi connectivity index (χ3n) is 4.80. The molecule has 118 valence electrons. The van der Waals surface area contributed by atoms with Gasteiger partial charge in [-0.2, -0.15) is 5.10 Å². The van der Waals surface area contributed by atoms with Crippen LogP contribution in [-0.2, 0) is 13.5 Å². The Morgan fingerprint density at radius 2 is 2.14 bits per heavy atom. The van der Waals surface area contributed by atoms with E-state index in [2.05, 4.69) is 10.4 Å². The summed E-state index contributed by atoms with van der Waals surface area (Å²) in [5, 5.41) is 18.2. The van der Waals surface area contributed by atoms with E-state index >= 15 is 0 Å². The standard InChI is InChI=1S/C15H24ClN3O2/c1-5-10-11(12(16)19(4)18-10)13(20)17-9-15(21)8-6-7-14(15,2)3/h21H,5-9H2,1-4H3,(H,17,20). The number of hydrogen-bond acceptors (Lipinski definition) is 3. The maximum atomic E-state index is 12.4. The van der Waals surface area contributed by atoms with Gasteiger partial charge in [0.2, 0.25) is 0 Å². The number of nitrogens with zero attached hydrogens (tertiary/aromatic N) is 2. The Labute approximate surface area is 130 Å². The predicted octanol–water partition coefficient (Wildman–Crippen LogP) is 2.31. The summed E-state index contributed by atoms with van der Waals surface area (Å²) < 4.78 is 1.50. The lowest BCUT2D eigenvalue weighted by Gasteiger charge is -2.36. The summed E-state index contributed by atoms with van der Waals surface area (Å²) >= 11 is 6.15. The molecule has 2 rings (SSSR count). The van der Waals surface area contributed by atoms with E-state index in [-0.39, 0.29) is 17.9 Å². The number of nitrogens with one attached hydrogen (secondary N) is 1. The molecule has 6 heteroatoms. The highest BCUT2D eigenvalue weighted by molar-refractivity contribution is 6.33. The minimum absolute atomic E-state index is 0.188. The van der Waals surface area contributed by atoms with E-state index in [0.29, 0.717) is 29.3 Å². The van der Waals surface area contributed by atoms with Gasteiger partial charge >= 0.3 is 0 Å². The molecule has 0 saturated heterocycles. The van der Waals surface area contributed by atoms with Gasteiger partial charge < -0.3 is 10.4 Å². The van der Waals surface area contributed by atoms with Crippen LogP contribution in [0, 0.1) is 5.41 Å². The number of aliphatic hydroxyl groups is 1. The third kappa shape index (κ3) is 2.81. The summed E-state index contributed by atoms with van der Waals surface area (Å²) in [7, 11) is 1.71. The van der Waals surface area contributed by atoms with Crippen molar-refractivity contribution in [2.45, 2.75) is 52.1 Å². The minimum Gasteiger partial charge on any atom is -0.387 e. The van der Waals surface area contributed by atoms with Crippen molar-refractivity contribution < 1.29 is 9.90 Å². The highest BCUT2D eigenvalue weighted by Gasteiger charge is 2.47. The average molecular weight is 314 g/mol. The summed E-state index contributed by atoms with van der Waals surface area (Å²) in [4.78, 5) is 12.4. The zero-order valence-corrected chi connectivity index (χ0v) is 13.9. The number of hydrogen-bond donors (Lipinski definition) is 2. The number of carbonyl (C=O) groups is 1. The third-order valence-corrected chi connectivity index (χ3v) is 5.24. The lowest BCUT2D eigenvalue weighted by atomic mass is 9.78. The minimum atomic E-state index is -0.857. The van der Waals surface area contributed by atoms with Gasteiger partial charge in [0.15, 0.2) is 0 Å². The van der Waals surface area contributed by atoms with E-state index in [1.54, 1.807) is 7.05 Å². The van der Waals surface area contributed by atoms with Crippen molar-refractivity contribution in [3.8, 4) is 0 Å². The summed E-state index contributed by atoms with van der Waals surface area (Å²) in [6, 6.07) is 0. The maximum absolute atomic E-state index is 12.4. The zero-order valence-electron chi connectivity index (χ0n) is 13.2. The Morgan fingerprint density at radius 3 is 2.67 bits per heavy atom. The van der Waals surface area contributed by atoms with Crippen LogP contribution < -0.4 is 5.32 Å². The normalized spacial score (nSPS) is 24.3. The number of carbonyl (C=O) groups excluding carboxylic acids is 1. The molecule has 1 amide bonds. The van der Waals surface area contributed by atoms with Crippen LogP contribution in [0.5, 0.6) is 0 Å². The molecule has 0 aromatic carbocycles. The average Bonchev–Trinajstić information content (AvgIpc) is 2.85. The molecule has 5 nitrogen and oxygen atoms in total. The lowest BCUT2D eigenvalue weighted by molar-refractivity contribution is -0.0394. The first-order chi connectivity index (χ1) is 9.72. The fraction of sp³-hybridized carbons (Fsp3) is 0.733. The summed E-state index contributed by atoms with van der Waals surface area (Å²) in [6.07, 6.45) is 3.29. The zero-order chi connectivity index (χ0) is 15.8. The first-order valence-electron chi connectivity index (χ1n) is 7.44. The van der Waals surface area contributed by atoms with E-state index in [9.17, 15) is 9.90 Å². The monoisotopic (exact) mass is 313 g/mol. The van der Waals surface area contributed by atoms with Gasteiger partial charge in [0, 0.05) is 13.6 Å². The van der Waals surface area contributed by atoms with E-state index in [4.69, 9.17) is 11.6 Å². The molecule has 0 bridgehead atoms. The van der Waals surface area contributed by atoms with Gasteiger partial charge in [0.1, 0.15) is 5.15 Å². The van der Waals surface area contributed by atoms with Gasteiger partial charge in [0.05, 0.1) is 16.9 Å². The Kier molecular flexibility index (Phi) is 4.36. The van der Waals surface area contributed by atoms with Crippen molar-refractivity contribution in [2.24, 2.45) is 12.5 Å². The van der Waals surface area contributed by atoms with Crippen LogP contribution in [0.1, 0.15) is 56.1 Å². The smallest absolute Gasteiger partial charge is 0.256 e. The number of aryl methyl sites for hydroxylation is 2. The van der Waals surface area contributed by atoms with Crippen LogP contribution in [0.3, 0.4) is 0 Å². The fourth-order valence-corrected chi connectivity index (χ4v) is 3.30. The number of amides is 1. The van der Waals surface area contributed by atoms with Gasteiger partial charge in [-0.15, -0.1) is 0 Å². The number of aromatic nitrogens is 2. The van der Waals surface area contributed by atoms with Gasteiger partial charge in [-0.25, -0.2) is 0 Å². The van der Waals surface area contributed by atoms with Crippen molar-refractivity contribution >= 4 is 17.5 Å². The molecule has 1 aliphatic carbocycles. The molecular formula is C15H24ClN3O2. The first kappa shape index (κ1) is 16.3. The van der Waals surface area contributed by atoms with Gasteiger partial charge in [-0.05, 0) is 31.1 Å². The molecule has 1 heterocycles. The Balaban J connectivity index is 2.13. The second-order valence-corrected chi connectivity index (χ2v) is 6.90. The molecule has 2 N–H and O–H groups in total. The van der Waals surface area contributed by atoms with Crippen LogP contribution in [0.4, 0.5) is 0 Å². The molecule has 1 fully saturated rings. The van der Waals surface area contributed by atoms with E-state index in [0.717, 1.165) is 12.8 Å². The lowest BCUT2D eigenvalue weighted by Crippen LogP contribution is -2.49. The number of rotatable bonds is 4. The van der Waals surface area contributed by atoms with Gasteiger partial charge in [-0.1, -0.05) is 32.4 Å².